The van der Waals surface area contributed by atoms with Crippen LogP contribution >= 0.6 is 0 Å². The molecule has 15 heteroatoms. The summed E-state index contributed by atoms with van der Waals surface area (Å²) in [6, 6.07) is 0. The third-order valence-corrected chi connectivity index (χ3v) is 0.463. The van der Waals surface area contributed by atoms with E-state index in [0.717, 1.165) is 0 Å². The van der Waals surface area contributed by atoms with Gasteiger partial charge in [0.2, 0.25) is 0 Å². The van der Waals surface area contributed by atoms with Crippen LogP contribution < -0.4 is 10.2 Å². The zero-order chi connectivity index (χ0) is 12.2. The number of carboxylic acid groups (broad SMARTS) is 2. The second-order valence-corrected chi connectivity index (χ2v) is 1.57. The molecule has 19 heavy (non-hydrogen) atoms. The molecule has 8 nitrogen and oxygen atoms in total. The number of hydrogen-bond acceptors (Lipinski definition) is 4. The Morgan fingerprint density at radius 3 is 0.684 bits per heavy atom. The van der Waals surface area contributed by atoms with Crippen LogP contribution in [-0.4, -0.2) is 24.3 Å². The van der Waals surface area contributed by atoms with Gasteiger partial charge in [0, 0.05) is 0 Å². The normalized spacial score (nSPS) is 8.32. The first kappa shape index (κ1) is 43.0. The molecule has 0 unspecified atom stereocenters. The first-order chi connectivity index (χ1) is 5.89. The molecule has 0 aliphatic carbocycles. The van der Waals surface area contributed by atoms with Crippen LogP contribution in [-0.2, 0) is 48.6 Å². The summed E-state index contributed by atoms with van der Waals surface area (Å²) >= 11 is 0. The summed E-state index contributed by atoms with van der Waals surface area (Å²) in [7, 11) is 0. The first-order valence-electron chi connectivity index (χ1n) is 2.45. The van der Waals surface area contributed by atoms with Crippen molar-refractivity contribution < 1.29 is 85.1 Å². The Morgan fingerprint density at radius 2 is 0.684 bits per heavy atom. The average molecular weight is 357 g/mol. The zero-order valence-corrected chi connectivity index (χ0v) is 9.77. The van der Waals surface area contributed by atoms with Gasteiger partial charge < -0.3 is 41.7 Å². The average Bonchev–Trinajstić information content (AvgIpc) is 1.83. The molecule has 0 aliphatic heterocycles. The second kappa shape index (κ2) is 14.9. The molecule has 121 valence electrons. The molecule has 0 aromatic carbocycles. The van der Waals surface area contributed by atoms with Gasteiger partial charge in [-0.05, 0) is 0 Å². The summed E-state index contributed by atoms with van der Waals surface area (Å²) in [4.78, 5) is 17.6. The van der Waals surface area contributed by atoms with Gasteiger partial charge in [-0.2, -0.15) is 26.3 Å². The Hall–Kier alpha value is -1.12. The van der Waals surface area contributed by atoms with Crippen LogP contribution in [0.3, 0.4) is 0 Å². The molecule has 0 saturated heterocycles. The molecular formula is C4H12F6MnO8+4. The molecule has 0 aromatic heterocycles. The van der Waals surface area contributed by atoms with E-state index in [0.29, 0.717) is 0 Å². The maximum absolute atomic E-state index is 10.5. The minimum Gasteiger partial charge on any atom is -0.542 e. The molecule has 1 radical (unpaired) electrons. The van der Waals surface area contributed by atoms with Gasteiger partial charge in [0.25, 0.3) is 0 Å². The predicted octanol–water partition coefficient (Wildman–Crippen LogP) is -5.09. The second-order valence-electron chi connectivity index (χ2n) is 1.57. The molecule has 0 fully saturated rings. The van der Waals surface area contributed by atoms with Crippen molar-refractivity contribution in [2.75, 3.05) is 0 Å². The maximum Gasteiger partial charge on any atom is 2.00 e. The van der Waals surface area contributed by atoms with Crippen molar-refractivity contribution in [3.63, 3.8) is 0 Å². The van der Waals surface area contributed by atoms with Crippen molar-refractivity contribution in [1.82, 2.24) is 0 Å². The number of carboxylic acids is 2. The molecule has 0 amide bonds. The maximum atomic E-state index is 10.5. The summed E-state index contributed by atoms with van der Waals surface area (Å²) in [5.41, 5.74) is 0. The van der Waals surface area contributed by atoms with E-state index >= 15 is 0 Å². The quantitative estimate of drug-likeness (QED) is 0.236. The van der Waals surface area contributed by atoms with Crippen molar-refractivity contribution in [3.05, 3.63) is 0 Å². The Balaban J connectivity index is -0.0000000240. The van der Waals surface area contributed by atoms with Gasteiger partial charge in [-0.25, -0.2) is 0 Å². The third kappa shape index (κ3) is 31.6. The van der Waals surface area contributed by atoms with E-state index < -0.39 is 24.3 Å². The van der Waals surface area contributed by atoms with Gasteiger partial charge in [0.1, 0.15) is 11.9 Å². The first-order valence-corrected chi connectivity index (χ1v) is 2.45. The van der Waals surface area contributed by atoms with Gasteiger partial charge in [-0.15, -0.1) is 0 Å². The van der Waals surface area contributed by atoms with Crippen LogP contribution in [0.4, 0.5) is 26.3 Å². The fraction of sp³-hybridized carbons (Fsp3) is 0.500. The Bertz CT molecular complexity index is 202. The number of carbonyl (C=O) groups is 2. The summed E-state index contributed by atoms with van der Waals surface area (Å²) in [6.45, 7) is 0. The van der Waals surface area contributed by atoms with Crippen LogP contribution in [0.5, 0.6) is 0 Å². The Morgan fingerprint density at radius 1 is 0.632 bits per heavy atom. The summed E-state index contributed by atoms with van der Waals surface area (Å²) in [6.07, 6.45) is -10.4. The number of rotatable bonds is 0. The molecule has 0 aliphatic rings. The standard InChI is InChI=1S/2C2HF3O2.Mn.4H2O/c2*3-2(4,5)1(6)7;;;;;/h2*(H,6,7);;4*1H2/q;;+2;;;;/p+2. The molecule has 0 bridgehead atoms. The van der Waals surface area contributed by atoms with Crippen LogP contribution in [0.25, 0.3) is 0 Å². The van der Waals surface area contributed by atoms with Crippen LogP contribution in [0, 0.1) is 0 Å². The fourth-order valence-corrected chi connectivity index (χ4v) is 0. The van der Waals surface area contributed by atoms with Crippen LogP contribution in [0.2, 0.25) is 0 Å². The molecule has 0 spiro atoms. The number of hydrogen-bond donors (Lipinski definition) is 0. The molecular weight excluding hydrogens is 345 g/mol. The zero-order valence-electron chi connectivity index (χ0n) is 8.59. The summed E-state index contributed by atoms with van der Waals surface area (Å²) in [5, 5.41) is 17.6. The van der Waals surface area contributed by atoms with E-state index in [1.54, 1.807) is 0 Å². The van der Waals surface area contributed by atoms with Gasteiger partial charge in [-0.3, -0.25) is 0 Å². The van der Waals surface area contributed by atoms with Crippen LogP contribution in [0.1, 0.15) is 0 Å². The summed E-state index contributed by atoms with van der Waals surface area (Å²) < 4.78 is 63.1. The molecule has 12 N–H and O–H groups in total. The van der Waals surface area contributed by atoms with Crippen molar-refractivity contribution in [3.8, 4) is 0 Å². The summed E-state index contributed by atoms with van der Waals surface area (Å²) in [5.74, 6) is -6.01. The van der Waals surface area contributed by atoms with Crippen molar-refractivity contribution >= 4 is 11.9 Å². The Labute approximate surface area is 110 Å². The molecule has 0 aromatic rings. The van der Waals surface area contributed by atoms with Gasteiger partial charge >= 0.3 is 29.4 Å². The van der Waals surface area contributed by atoms with E-state index in [1.807, 2.05) is 0 Å². The number of alkyl halides is 6. The smallest absolute Gasteiger partial charge is 0.542 e. The van der Waals surface area contributed by atoms with E-state index in [4.69, 9.17) is 19.8 Å². The largest absolute Gasteiger partial charge is 2.00 e. The fourth-order valence-electron chi connectivity index (χ4n) is 0. The number of halogens is 6. The van der Waals surface area contributed by atoms with Gasteiger partial charge in [0.05, 0.1) is 0 Å². The molecule has 0 heterocycles. The predicted molar refractivity (Wildman–Crippen MR) is 41.6 cm³/mol. The Kier molecular flexibility index (Phi) is 33.8. The SMILES string of the molecule is O=C([O-])C(F)(F)F.O=C([O-])C(F)(F)F.[Mn+2].[OH3+].[OH3+].[OH3+].[OH3+]. The van der Waals surface area contributed by atoms with E-state index in [-0.39, 0.29) is 39.0 Å². The number of carbonyl (C=O) groups excluding carboxylic acids is 2. The van der Waals surface area contributed by atoms with Crippen molar-refractivity contribution in [2.24, 2.45) is 0 Å². The third-order valence-electron chi connectivity index (χ3n) is 0.463. The molecule has 0 atom stereocenters. The minimum absolute atomic E-state index is 0. The van der Waals surface area contributed by atoms with Crippen LogP contribution in [0.15, 0.2) is 0 Å². The minimum atomic E-state index is -5.19. The molecule has 0 rings (SSSR count). The van der Waals surface area contributed by atoms with Crippen molar-refractivity contribution in [1.29, 1.82) is 0 Å². The van der Waals surface area contributed by atoms with Gasteiger partial charge in [-0.1, -0.05) is 0 Å². The topological polar surface area (TPSA) is 212 Å². The van der Waals surface area contributed by atoms with E-state index in [1.165, 1.54) is 0 Å². The van der Waals surface area contributed by atoms with Gasteiger partial charge in [0.15, 0.2) is 0 Å². The van der Waals surface area contributed by atoms with E-state index in [9.17, 15) is 26.3 Å². The monoisotopic (exact) mass is 357 g/mol. The molecule has 0 saturated carbocycles. The van der Waals surface area contributed by atoms with Crippen molar-refractivity contribution in [2.45, 2.75) is 12.4 Å². The van der Waals surface area contributed by atoms with E-state index in [2.05, 4.69) is 0 Å². The number of aliphatic carboxylic acids is 2.